The highest BCUT2D eigenvalue weighted by atomic mass is 28.4. The number of benzene rings is 2. The van der Waals surface area contributed by atoms with Crippen molar-refractivity contribution in [3.8, 4) is 5.75 Å². The number of halogens is 1. The second kappa shape index (κ2) is 10.6. The molecule has 0 aliphatic rings. The molecular formula is C27H34FN5O3Si. The van der Waals surface area contributed by atoms with Crippen molar-refractivity contribution in [1.82, 2.24) is 20.2 Å². The summed E-state index contributed by atoms with van der Waals surface area (Å²) < 4.78 is 25.6. The van der Waals surface area contributed by atoms with E-state index in [1.807, 2.05) is 31.2 Å². The molecule has 0 fully saturated rings. The summed E-state index contributed by atoms with van der Waals surface area (Å²) in [6, 6.07) is 13.0. The van der Waals surface area contributed by atoms with Gasteiger partial charge in [0, 0.05) is 23.2 Å². The summed E-state index contributed by atoms with van der Waals surface area (Å²) in [6.45, 7) is 13.8. The molecule has 196 valence electrons. The monoisotopic (exact) mass is 523 g/mol. The van der Waals surface area contributed by atoms with Crippen molar-refractivity contribution in [3.05, 3.63) is 71.4 Å². The summed E-state index contributed by atoms with van der Waals surface area (Å²) in [5.41, 5.74) is 1.96. The van der Waals surface area contributed by atoms with Crippen LogP contribution in [0.3, 0.4) is 0 Å². The second-order valence-electron chi connectivity index (χ2n) is 10.6. The van der Waals surface area contributed by atoms with Gasteiger partial charge in [-0.1, -0.05) is 32.9 Å². The number of aromatic amines is 1. The molecule has 3 N–H and O–H groups in total. The molecule has 0 spiro atoms. The molecule has 1 atom stereocenters. The van der Waals surface area contributed by atoms with Gasteiger partial charge >= 0.3 is 0 Å². The predicted octanol–water partition coefficient (Wildman–Crippen LogP) is 6.03. The third-order valence-electron chi connectivity index (χ3n) is 6.69. The number of hydrogen-bond acceptors (Lipinski definition) is 7. The number of nitrogens with one attached hydrogen (secondary N) is 2. The molecule has 0 saturated carbocycles. The van der Waals surface area contributed by atoms with E-state index in [2.05, 4.69) is 59.3 Å². The van der Waals surface area contributed by atoms with Crippen LogP contribution in [0.25, 0.3) is 10.9 Å². The van der Waals surface area contributed by atoms with E-state index in [0.717, 1.165) is 11.1 Å². The van der Waals surface area contributed by atoms with Crippen molar-refractivity contribution in [1.29, 1.82) is 0 Å². The van der Waals surface area contributed by atoms with Crippen LogP contribution in [-0.4, -0.2) is 46.8 Å². The van der Waals surface area contributed by atoms with Crippen LogP contribution in [0.5, 0.6) is 5.75 Å². The van der Waals surface area contributed by atoms with E-state index in [0.29, 0.717) is 41.7 Å². The third kappa shape index (κ3) is 6.33. The highest BCUT2D eigenvalue weighted by molar-refractivity contribution is 6.74. The molecule has 2 aromatic heterocycles. The van der Waals surface area contributed by atoms with E-state index in [9.17, 15) is 9.50 Å². The number of rotatable bonds is 9. The number of anilines is 2. The lowest BCUT2D eigenvalue weighted by atomic mass is 10.1. The van der Waals surface area contributed by atoms with Crippen molar-refractivity contribution in [3.63, 3.8) is 0 Å². The molecule has 37 heavy (non-hydrogen) atoms. The van der Waals surface area contributed by atoms with Gasteiger partial charge in [-0.2, -0.15) is 5.10 Å². The zero-order valence-corrected chi connectivity index (χ0v) is 23.1. The largest absolute Gasteiger partial charge is 0.491 e. The van der Waals surface area contributed by atoms with E-state index >= 15 is 0 Å². The summed E-state index contributed by atoms with van der Waals surface area (Å²) in [5, 5.41) is 22.2. The van der Waals surface area contributed by atoms with Gasteiger partial charge in [0.15, 0.2) is 20.0 Å². The number of aryl methyl sites for hydroxylation is 1. The van der Waals surface area contributed by atoms with E-state index in [4.69, 9.17) is 9.16 Å². The molecule has 0 unspecified atom stereocenters. The Morgan fingerprint density at radius 2 is 1.78 bits per heavy atom. The van der Waals surface area contributed by atoms with Crippen LogP contribution < -0.4 is 10.1 Å². The molecule has 8 nitrogen and oxygen atoms in total. The van der Waals surface area contributed by atoms with Gasteiger partial charge < -0.3 is 19.6 Å². The normalized spacial score (nSPS) is 13.1. The number of nitrogens with zero attached hydrogens (tertiary/aromatic N) is 3. The van der Waals surface area contributed by atoms with Crippen molar-refractivity contribution in [2.45, 2.75) is 51.9 Å². The SMILES string of the molecule is Cc1cc(Nc2nc([C@@H](O)c3ccc(F)cc3)nc3cc(OCCO[Si](C)(C)C(C)(C)C)ccc23)n[nH]1. The van der Waals surface area contributed by atoms with Gasteiger partial charge in [-0.05, 0) is 54.9 Å². The van der Waals surface area contributed by atoms with Crippen molar-refractivity contribution in [2.75, 3.05) is 18.5 Å². The van der Waals surface area contributed by atoms with Crippen LogP contribution in [0.4, 0.5) is 16.0 Å². The van der Waals surface area contributed by atoms with Crippen LogP contribution in [0.15, 0.2) is 48.5 Å². The number of aliphatic hydroxyl groups excluding tert-OH is 1. The van der Waals surface area contributed by atoms with Crippen LogP contribution in [-0.2, 0) is 4.43 Å². The zero-order valence-electron chi connectivity index (χ0n) is 22.1. The van der Waals surface area contributed by atoms with Gasteiger partial charge in [-0.15, -0.1) is 0 Å². The average molecular weight is 524 g/mol. The Morgan fingerprint density at radius 3 is 2.43 bits per heavy atom. The van der Waals surface area contributed by atoms with Gasteiger partial charge in [0.05, 0.1) is 12.1 Å². The maximum atomic E-state index is 13.4. The Bertz CT molecular complexity index is 1370. The van der Waals surface area contributed by atoms with Gasteiger partial charge in [-0.25, -0.2) is 14.4 Å². The van der Waals surface area contributed by atoms with E-state index in [1.165, 1.54) is 24.3 Å². The summed E-state index contributed by atoms with van der Waals surface area (Å²) in [7, 11) is -1.85. The van der Waals surface area contributed by atoms with Crippen LogP contribution in [0.1, 0.15) is 44.0 Å². The molecule has 2 heterocycles. The van der Waals surface area contributed by atoms with E-state index in [1.54, 1.807) is 0 Å². The molecule has 4 aromatic rings. The topological polar surface area (TPSA) is 105 Å². The molecule has 0 bridgehead atoms. The van der Waals surface area contributed by atoms with Crippen LogP contribution >= 0.6 is 0 Å². The highest BCUT2D eigenvalue weighted by Crippen LogP contribution is 2.36. The smallest absolute Gasteiger partial charge is 0.192 e. The van der Waals surface area contributed by atoms with Crippen molar-refractivity contribution in [2.24, 2.45) is 0 Å². The Labute approximate surface area is 217 Å². The fraction of sp³-hybridized carbons (Fsp3) is 0.370. The highest BCUT2D eigenvalue weighted by Gasteiger charge is 2.36. The minimum Gasteiger partial charge on any atom is -0.491 e. The molecule has 0 aliphatic heterocycles. The number of hydrogen-bond donors (Lipinski definition) is 3. The van der Waals surface area contributed by atoms with E-state index < -0.39 is 14.4 Å². The first-order valence-corrected chi connectivity index (χ1v) is 15.1. The summed E-state index contributed by atoms with van der Waals surface area (Å²) in [4.78, 5) is 9.20. The second-order valence-corrected chi connectivity index (χ2v) is 15.4. The van der Waals surface area contributed by atoms with Crippen molar-refractivity contribution >= 4 is 30.9 Å². The van der Waals surface area contributed by atoms with Crippen LogP contribution in [0.2, 0.25) is 18.1 Å². The molecule has 0 radical (unpaired) electrons. The summed E-state index contributed by atoms with van der Waals surface area (Å²) >= 11 is 0. The van der Waals surface area contributed by atoms with Gasteiger partial charge in [-0.3, -0.25) is 5.10 Å². The van der Waals surface area contributed by atoms with Crippen molar-refractivity contribution < 1.29 is 18.7 Å². The first kappa shape index (κ1) is 26.7. The minimum absolute atomic E-state index is 0.130. The maximum absolute atomic E-state index is 13.4. The lowest BCUT2D eigenvalue weighted by Gasteiger charge is -2.36. The van der Waals surface area contributed by atoms with Gasteiger partial charge in [0.25, 0.3) is 0 Å². The number of H-pyrrole nitrogens is 1. The Morgan fingerprint density at radius 1 is 1.05 bits per heavy atom. The Balaban J connectivity index is 1.61. The fourth-order valence-electron chi connectivity index (χ4n) is 3.51. The lowest BCUT2D eigenvalue weighted by molar-refractivity contribution is 0.203. The number of ether oxygens (including phenoxy) is 1. The first-order chi connectivity index (χ1) is 17.4. The molecule has 0 aliphatic carbocycles. The number of aromatic nitrogens is 4. The zero-order chi connectivity index (χ0) is 26.8. The molecule has 10 heteroatoms. The Hall–Kier alpha value is -3.34. The summed E-state index contributed by atoms with van der Waals surface area (Å²) in [6.07, 6.45) is -1.14. The van der Waals surface area contributed by atoms with E-state index in [-0.39, 0.29) is 16.7 Å². The summed E-state index contributed by atoms with van der Waals surface area (Å²) in [5.74, 6) is 1.50. The third-order valence-corrected chi connectivity index (χ3v) is 11.2. The number of fused-ring (bicyclic) bond motifs is 1. The lowest BCUT2D eigenvalue weighted by Crippen LogP contribution is -2.41. The van der Waals surface area contributed by atoms with Gasteiger partial charge in [0.1, 0.15) is 30.1 Å². The molecule has 4 rings (SSSR count). The first-order valence-electron chi connectivity index (χ1n) is 12.2. The molecule has 0 amide bonds. The molecular weight excluding hydrogens is 489 g/mol. The standard InChI is InChI=1S/C27H34FN5O3Si/c1-17-15-23(33-32-17)30-25-21-12-11-20(35-13-14-36-37(5,6)27(2,3)4)16-22(21)29-26(31-25)24(34)18-7-9-19(28)10-8-18/h7-12,15-16,24,34H,13-14H2,1-6H3,(H2,29,30,31,32,33)/t24-/m0/s1. The minimum atomic E-state index is -1.85. The van der Waals surface area contributed by atoms with Gasteiger partial charge in [0.2, 0.25) is 0 Å². The number of aliphatic hydroxyl groups is 1. The quantitative estimate of drug-likeness (QED) is 0.182. The fourth-order valence-corrected chi connectivity index (χ4v) is 4.53. The molecule has 0 saturated heterocycles. The Kier molecular flexibility index (Phi) is 7.63. The predicted molar refractivity (Wildman–Crippen MR) is 145 cm³/mol. The maximum Gasteiger partial charge on any atom is 0.192 e. The van der Waals surface area contributed by atoms with Crippen LogP contribution in [0, 0.1) is 12.7 Å². The molecule has 2 aromatic carbocycles. The average Bonchev–Trinajstić information content (AvgIpc) is 3.25.